The van der Waals surface area contributed by atoms with E-state index in [1.807, 2.05) is 34.6 Å². The molecule has 1 atom stereocenters. The zero-order valence-electron chi connectivity index (χ0n) is 10.4. The van der Waals surface area contributed by atoms with E-state index in [9.17, 15) is 9.90 Å². The first-order valence-corrected chi connectivity index (χ1v) is 5.92. The predicted molar refractivity (Wildman–Crippen MR) is 63.9 cm³/mol. The molecule has 0 saturated heterocycles. The average Bonchev–Trinajstić information content (AvgIpc) is 2.12. The molecule has 0 aromatic carbocycles. The molecule has 0 amide bonds. The van der Waals surface area contributed by atoms with Gasteiger partial charge in [0.1, 0.15) is 0 Å². The zero-order valence-corrected chi connectivity index (χ0v) is 11.2. The third kappa shape index (κ3) is 2.94. The first-order valence-electron chi connectivity index (χ1n) is 5.54. The second-order valence-electron chi connectivity index (χ2n) is 5.35. The molecule has 2 nitrogen and oxygen atoms in total. The summed E-state index contributed by atoms with van der Waals surface area (Å²) in [6, 6.07) is 0. The van der Waals surface area contributed by atoms with Gasteiger partial charge in [0.15, 0.2) is 0 Å². The van der Waals surface area contributed by atoms with E-state index in [0.717, 1.165) is 6.42 Å². The highest BCUT2D eigenvalue weighted by atomic mass is 35.5. The molecule has 0 aromatic heterocycles. The molecule has 0 spiro atoms. The molecule has 15 heavy (non-hydrogen) atoms. The summed E-state index contributed by atoms with van der Waals surface area (Å²) < 4.78 is 0. The van der Waals surface area contributed by atoms with E-state index in [1.54, 1.807) is 0 Å². The average molecular weight is 235 g/mol. The summed E-state index contributed by atoms with van der Waals surface area (Å²) in [5.74, 6) is 0.339. The Bertz CT molecular complexity index is 224. The fourth-order valence-corrected chi connectivity index (χ4v) is 2.39. The lowest BCUT2D eigenvalue weighted by Crippen LogP contribution is -2.46. The lowest BCUT2D eigenvalue weighted by Gasteiger charge is -2.43. The number of carbonyl (C=O) groups excluding carboxylic acids is 1. The molecule has 1 N–H and O–H groups in total. The van der Waals surface area contributed by atoms with Gasteiger partial charge in [-0.1, -0.05) is 34.6 Å². The summed E-state index contributed by atoms with van der Waals surface area (Å²) in [5, 5.41) is 9.15. The van der Waals surface area contributed by atoms with Crippen LogP contribution in [0.2, 0.25) is 0 Å². The maximum Gasteiger partial charge on any atom is 0.230 e. The Hall–Kier alpha value is -0.0800. The van der Waals surface area contributed by atoms with Crippen molar-refractivity contribution in [3.63, 3.8) is 0 Å². The van der Waals surface area contributed by atoms with Crippen LogP contribution in [0.15, 0.2) is 0 Å². The minimum atomic E-state index is -0.808. The van der Waals surface area contributed by atoms with Gasteiger partial charge >= 0.3 is 0 Å². The summed E-state index contributed by atoms with van der Waals surface area (Å²) in [6.45, 7) is 9.91. The van der Waals surface area contributed by atoms with Crippen LogP contribution in [-0.4, -0.2) is 17.0 Å². The van der Waals surface area contributed by atoms with Gasteiger partial charge in [0.25, 0.3) is 0 Å². The Balaban J connectivity index is 5.24. The van der Waals surface area contributed by atoms with Crippen molar-refractivity contribution in [2.45, 2.75) is 47.5 Å². The van der Waals surface area contributed by atoms with Gasteiger partial charge in [-0.3, -0.25) is 4.79 Å². The van der Waals surface area contributed by atoms with Crippen LogP contribution < -0.4 is 0 Å². The molecule has 3 heteroatoms. The van der Waals surface area contributed by atoms with E-state index in [-0.39, 0.29) is 12.0 Å². The van der Waals surface area contributed by atoms with E-state index >= 15 is 0 Å². The molecular weight excluding hydrogens is 212 g/mol. The Kier molecular flexibility index (Phi) is 5.28. The Labute approximate surface area is 98.0 Å². The number of halogens is 1. The van der Waals surface area contributed by atoms with E-state index in [4.69, 9.17) is 11.6 Å². The monoisotopic (exact) mass is 234 g/mol. The highest BCUT2D eigenvalue weighted by molar-refractivity contribution is 6.64. The molecule has 1 unspecified atom stereocenters. The first kappa shape index (κ1) is 14.9. The smallest absolute Gasteiger partial charge is 0.230 e. The van der Waals surface area contributed by atoms with Crippen LogP contribution >= 0.6 is 11.6 Å². The molecule has 0 radical (unpaired) electrons. The van der Waals surface area contributed by atoms with Gasteiger partial charge in [-0.25, -0.2) is 0 Å². The fraction of sp³-hybridized carbons (Fsp3) is 0.917. The van der Waals surface area contributed by atoms with Crippen molar-refractivity contribution in [1.82, 2.24) is 0 Å². The molecule has 0 aliphatic heterocycles. The van der Waals surface area contributed by atoms with E-state index in [2.05, 4.69) is 0 Å². The maximum absolute atomic E-state index is 11.6. The van der Waals surface area contributed by atoms with Crippen LogP contribution in [0.1, 0.15) is 47.5 Å². The third-order valence-corrected chi connectivity index (χ3v) is 3.94. The minimum Gasteiger partial charge on any atom is -0.395 e. The van der Waals surface area contributed by atoms with Gasteiger partial charge in [0.05, 0.1) is 12.0 Å². The zero-order chi connectivity index (χ0) is 12.3. The molecule has 90 valence electrons. The normalized spacial score (nSPS) is 16.5. The molecule has 0 heterocycles. The van der Waals surface area contributed by atoms with Gasteiger partial charge in [0, 0.05) is 0 Å². The van der Waals surface area contributed by atoms with Crippen molar-refractivity contribution < 1.29 is 9.90 Å². The Morgan fingerprint density at radius 2 is 1.87 bits per heavy atom. The molecule has 0 aliphatic rings. The number of aliphatic hydroxyl groups is 1. The van der Waals surface area contributed by atoms with Crippen LogP contribution in [0.3, 0.4) is 0 Å². The third-order valence-electron chi connectivity index (χ3n) is 3.58. The Morgan fingerprint density at radius 1 is 1.40 bits per heavy atom. The number of hydrogen-bond acceptors (Lipinski definition) is 2. The summed E-state index contributed by atoms with van der Waals surface area (Å²) >= 11 is 5.71. The van der Waals surface area contributed by atoms with Gasteiger partial charge in [0.2, 0.25) is 5.24 Å². The van der Waals surface area contributed by atoms with E-state index in [1.165, 1.54) is 0 Å². The summed E-state index contributed by atoms with van der Waals surface area (Å²) in [7, 11) is 0. The molecular formula is C12H23ClO2. The van der Waals surface area contributed by atoms with E-state index in [0.29, 0.717) is 12.3 Å². The number of carbonyl (C=O) groups is 1. The first-order chi connectivity index (χ1) is 6.73. The van der Waals surface area contributed by atoms with E-state index < -0.39 is 10.7 Å². The molecule has 0 rings (SSSR count). The van der Waals surface area contributed by atoms with Crippen LogP contribution in [0.5, 0.6) is 0 Å². The quantitative estimate of drug-likeness (QED) is 0.717. The number of rotatable bonds is 6. The topological polar surface area (TPSA) is 37.3 Å². The van der Waals surface area contributed by atoms with Crippen molar-refractivity contribution in [3.05, 3.63) is 0 Å². The molecule has 0 aromatic rings. The highest BCUT2D eigenvalue weighted by Crippen LogP contribution is 2.47. The lowest BCUT2D eigenvalue weighted by atomic mass is 9.61. The van der Waals surface area contributed by atoms with Crippen LogP contribution in [-0.2, 0) is 4.79 Å². The van der Waals surface area contributed by atoms with Gasteiger partial charge in [-0.2, -0.15) is 0 Å². The van der Waals surface area contributed by atoms with Gasteiger partial charge in [-0.15, -0.1) is 0 Å². The van der Waals surface area contributed by atoms with Crippen LogP contribution in [0, 0.1) is 16.7 Å². The van der Waals surface area contributed by atoms with Crippen molar-refractivity contribution in [3.8, 4) is 0 Å². The maximum atomic E-state index is 11.6. The van der Waals surface area contributed by atoms with Crippen molar-refractivity contribution in [2.75, 3.05) is 6.61 Å². The van der Waals surface area contributed by atoms with Crippen molar-refractivity contribution in [1.29, 1.82) is 0 Å². The number of hydrogen-bond donors (Lipinski definition) is 1. The second kappa shape index (κ2) is 5.31. The minimum absolute atomic E-state index is 0.172. The standard InChI is InChI=1S/C12H23ClO2/c1-6-11(4,5)12(8-14,10(13)15)7-9(2)3/h9,14H,6-8H2,1-5H3. The lowest BCUT2D eigenvalue weighted by molar-refractivity contribution is -0.133. The highest BCUT2D eigenvalue weighted by Gasteiger charge is 2.48. The summed E-state index contributed by atoms with van der Waals surface area (Å²) in [4.78, 5) is 11.6. The van der Waals surface area contributed by atoms with Crippen molar-refractivity contribution >= 4 is 16.8 Å². The molecule has 0 fully saturated rings. The van der Waals surface area contributed by atoms with Gasteiger partial charge < -0.3 is 5.11 Å². The second-order valence-corrected chi connectivity index (χ2v) is 5.69. The molecule has 0 saturated carbocycles. The van der Waals surface area contributed by atoms with Gasteiger partial charge in [-0.05, 0) is 35.8 Å². The number of aliphatic hydroxyl groups excluding tert-OH is 1. The summed E-state index contributed by atoms with van der Waals surface area (Å²) in [5.41, 5.74) is -1.08. The SMILES string of the molecule is CCC(C)(C)C(CO)(CC(C)C)C(=O)Cl. The predicted octanol–water partition coefficient (Wildman–Crippen LogP) is 3.21. The molecule has 0 bridgehead atoms. The molecule has 0 aliphatic carbocycles. The van der Waals surface area contributed by atoms with Crippen LogP contribution in [0.25, 0.3) is 0 Å². The Morgan fingerprint density at radius 3 is 2.07 bits per heavy atom. The fourth-order valence-electron chi connectivity index (χ4n) is 2.00. The summed E-state index contributed by atoms with van der Waals surface area (Å²) in [6.07, 6.45) is 1.45. The van der Waals surface area contributed by atoms with Crippen LogP contribution in [0.4, 0.5) is 0 Å². The van der Waals surface area contributed by atoms with Crippen molar-refractivity contribution in [2.24, 2.45) is 16.7 Å². The largest absolute Gasteiger partial charge is 0.395 e.